The van der Waals surface area contributed by atoms with E-state index in [2.05, 4.69) is 15.9 Å². The Hall–Kier alpha value is -1.41. The van der Waals surface area contributed by atoms with Crippen molar-refractivity contribution in [2.24, 2.45) is 5.92 Å². The van der Waals surface area contributed by atoms with E-state index in [1.54, 1.807) is 11.5 Å². The number of aryl methyl sites for hydroxylation is 1. The molecule has 1 aliphatic rings. The van der Waals surface area contributed by atoms with Crippen LogP contribution in [0, 0.1) is 11.7 Å². The van der Waals surface area contributed by atoms with Crippen LogP contribution in [0.25, 0.3) is 10.9 Å². The number of benzene rings is 1. The van der Waals surface area contributed by atoms with Gasteiger partial charge in [0.2, 0.25) is 0 Å². The fraction of sp³-hybridized carbons (Fsp3) is 0.400. The first-order valence-corrected chi connectivity index (χ1v) is 9.73. The zero-order valence-corrected chi connectivity index (χ0v) is 14.9. The van der Waals surface area contributed by atoms with Crippen molar-refractivity contribution in [3.8, 4) is 0 Å². The molecule has 0 aliphatic carbocycles. The van der Waals surface area contributed by atoms with Gasteiger partial charge in [-0.15, -0.1) is 0 Å². The predicted octanol–water partition coefficient (Wildman–Crippen LogP) is 1.82. The van der Waals surface area contributed by atoms with Gasteiger partial charge >= 0.3 is 0 Å². The van der Waals surface area contributed by atoms with E-state index in [1.807, 2.05) is 0 Å². The molecule has 0 saturated heterocycles. The molecule has 0 N–H and O–H groups in total. The van der Waals surface area contributed by atoms with Gasteiger partial charge in [-0.05, 0) is 34.5 Å². The number of sulfone groups is 1. The number of hydrogen-bond donors (Lipinski definition) is 0. The van der Waals surface area contributed by atoms with Crippen LogP contribution < -0.4 is 5.11 Å². The molecule has 2 heterocycles. The van der Waals surface area contributed by atoms with Gasteiger partial charge in [-0.1, -0.05) is 6.92 Å². The summed E-state index contributed by atoms with van der Waals surface area (Å²) in [5, 5.41) is 11.6. The molecule has 1 aromatic carbocycles. The number of carbonyl (C=O) groups excluding carboxylic acids is 1. The number of carboxylic acid groups (broad SMARTS) is 1. The van der Waals surface area contributed by atoms with Crippen LogP contribution in [-0.2, 0) is 21.2 Å². The summed E-state index contributed by atoms with van der Waals surface area (Å²) in [6.07, 6.45) is 1.61. The van der Waals surface area contributed by atoms with Crippen LogP contribution in [0.1, 0.15) is 25.0 Å². The molecule has 0 radical (unpaired) electrons. The van der Waals surface area contributed by atoms with Crippen LogP contribution in [0.15, 0.2) is 21.5 Å². The maximum absolute atomic E-state index is 13.9. The number of rotatable bonds is 3. The number of aliphatic carboxylic acids is 1. The Bertz CT molecular complexity index is 935. The lowest BCUT2D eigenvalue weighted by Crippen LogP contribution is -2.32. The molecule has 5 nitrogen and oxygen atoms in total. The second kappa shape index (κ2) is 5.31. The van der Waals surface area contributed by atoms with Crippen molar-refractivity contribution in [2.45, 2.75) is 30.7 Å². The smallest absolute Gasteiger partial charge is 0.176 e. The van der Waals surface area contributed by atoms with Gasteiger partial charge in [-0.3, -0.25) is 0 Å². The summed E-state index contributed by atoms with van der Waals surface area (Å²) in [7, 11) is -3.63. The van der Waals surface area contributed by atoms with E-state index in [0.717, 1.165) is 12.3 Å². The summed E-state index contributed by atoms with van der Waals surface area (Å²) in [6.45, 7) is 2.07. The minimum atomic E-state index is -3.63. The first-order valence-electron chi connectivity index (χ1n) is 7.05. The number of carbonyl (C=O) groups is 1. The zero-order chi connectivity index (χ0) is 17.1. The summed E-state index contributed by atoms with van der Waals surface area (Å²) in [5.74, 6) is -2.82. The lowest BCUT2D eigenvalue weighted by molar-refractivity contribution is -0.311. The lowest BCUT2D eigenvalue weighted by atomic mass is 9.90. The predicted molar refractivity (Wildman–Crippen MR) is 84.2 cm³/mol. The number of fused-ring (bicyclic) bond motifs is 3. The van der Waals surface area contributed by atoms with Gasteiger partial charge in [0, 0.05) is 46.2 Å². The zero-order valence-electron chi connectivity index (χ0n) is 12.5. The quantitative estimate of drug-likeness (QED) is 0.783. The second-order valence-corrected chi connectivity index (χ2v) is 8.70. The Kier molecular flexibility index (Phi) is 3.79. The molecule has 8 heteroatoms. The second-order valence-electron chi connectivity index (χ2n) is 5.92. The number of halogens is 2. The Balaban J connectivity index is 2.36. The molecule has 2 unspecified atom stereocenters. The van der Waals surface area contributed by atoms with Crippen molar-refractivity contribution < 1.29 is 22.7 Å². The maximum Gasteiger partial charge on any atom is 0.176 e. The van der Waals surface area contributed by atoms with Crippen LogP contribution in [0.4, 0.5) is 4.39 Å². The van der Waals surface area contributed by atoms with Gasteiger partial charge in [0.15, 0.2) is 9.84 Å². The van der Waals surface area contributed by atoms with Gasteiger partial charge in [0.25, 0.3) is 0 Å². The molecular formula is C15H14BrFNO4S-. The first kappa shape index (κ1) is 16.4. The van der Waals surface area contributed by atoms with Crippen LogP contribution in [0.2, 0.25) is 0 Å². The van der Waals surface area contributed by atoms with E-state index < -0.39 is 27.5 Å². The Morgan fingerprint density at radius 1 is 1.48 bits per heavy atom. The molecule has 1 aliphatic heterocycles. The van der Waals surface area contributed by atoms with E-state index in [1.165, 1.54) is 6.07 Å². The minimum Gasteiger partial charge on any atom is -0.550 e. The van der Waals surface area contributed by atoms with Crippen LogP contribution >= 0.6 is 15.9 Å². The van der Waals surface area contributed by atoms with Gasteiger partial charge < -0.3 is 14.5 Å². The van der Waals surface area contributed by atoms with E-state index in [0.29, 0.717) is 34.0 Å². The highest BCUT2D eigenvalue weighted by Crippen LogP contribution is 2.46. The molecule has 3 rings (SSSR count). The number of aromatic nitrogens is 1. The first-order chi connectivity index (χ1) is 10.6. The topological polar surface area (TPSA) is 79.2 Å². The highest BCUT2D eigenvalue weighted by Gasteiger charge is 2.34. The third-order valence-corrected chi connectivity index (χ3v) is 6.39. The van der Waals surface area contributed by atoms with Crippen molar-refractivity contribution in [2.75, 3.05) is 6.26 Å². The monoisotopic (exact) mass is 402 g/mol. The average Bonchev–Trinajstić information content (AvgIpc) is 2.97. The van der Waals surface area contributed by atoms with Crippen LogP contribution in [0.5, 0.6) is 0 Å². The fourth-order valence-electron chi connectivity index (χ4n) is 3.33. The van der Waals surface area contributed by atoms with Crippen molar-refractivity contribution >= 4 is 42.6 Å². The molecule has 124 valence electrons. The highest BCUT2D eigenvalue weighted by atomic mass is 79.9. The lowest BCUT2D eigenvalue weighted by Gasteiger charge is -2.20. The Morgan fingerprint density at radius 2 is 2.13 bits per heavy atom. The van der Waals surface area contributed by atoms with E-state index in [4.69, 9.17) is 0 Å². The number of nitrogens with zero attached hydrogens (tertiary/aromatic N) is 1. The molecular weight excluding hydrogens is 389 g/mol. The van der Waals surface area contributed by atoms with Gasteiger partial charge in [0.1, 0.15) is 5.82 Å². The molecule has 0 bridgehead atoms. The van der Waals surface area contributed by atoms with Crippen molar-refractivity contribution in [1.82, 2.24) is 4.57 Å². The fourth-order valence-corrected chi connectivity index (χ4v) is 5.29. The standard InChI is InChI=1S/C15H15BrFNO4S/c1-7(15(19)20)9-3-4-18-10-5-8(17)6-11(23(2,21)22)12(10)13(16)14(9)18/h5-7,9H,3-4H2,1-2H3,(H,19,20)/p-1. The highest BCUT2D eigenvalue weighted by molar-refractivity contribution is 9.10. The Morgan fingerprint density at radius 3 is 2.70 bits per heavy atom. The van der Waals surface area contributed by atoms with Crippen LogP contribution in [-0.4, -0.2) is 25.2 Å². The molecule has 0 fully saturated rings. The summed E-state index contributed by atoms with van der Waals surface area (Å²) in [6, 6.07) is 2.28. The molecule has 0 amide bonds. The van der Waals surface area contributed by atoms with E-state index >= 15 is 0 Å². The molecule has 1 aromatic heterocycles. The van der Waals surface area contributed by atoms with Crippen molar-refractivity contribution in [3.63, 3.8) is 0 Å². The number of carboxylic acids is 1. The SMILES string of the molecule is CC(C(=O)[O-])C1CCn2c1c(Br)c1c(S(C)(=O)=O)cc(F)cc12. The van der Waals surface area contributed by atoms with E-state index in [-0.39, 0.29) is 10.8 Å². The van der Waals surface area contributed by atoms with Crippen molar-refractivity contribution in [3.05, 3.63) is 28.1 Å². The molecule has 0 saturated carbocycles. The normalized spacial score (nSPS) is 19.0. The molecule has 23 heavy (non-hydrogen) atoms. The summed E-state index contributed by atoms with van der Waals surface area (Å²) in [4.78, 5) is 11.1. The van der Waals surface area contributed by atoms with Gasteiger partial charge in [0.05, 0.1) is 10.4 Å². The van der Waals surface area contributed by atoms with Gasteiger partial charge in [-0.2, -0.15) is 0 Å². The van der Waals surface area contributed by atoms with Gasteiger partial charge in [-0.25, -0.2) is 12.8 Å². The summed E-state index contributed by atoms with van der Waals surface area (Å²) >= 11 is 3.41. The van der Waals surface area contributed by atoms with E-state index in [9.17, 15) is 22.7 Å². The molecule has 2 atom stereocenters. The van der Waals surface area contributed by atoms with Crippen LogP contribution in [0.3, 0.4) is 0 Å². The molecule has 2 aromatic rings. The third kappa shape index (κ3) is 2.48. The average molecular weight is 403 g/mol. The summed E-state index contributed by atoms with van der Waals surface area (Å²) in [5.41, 5.74) is 1.15. The number of hydrogen-bond acceptors (Lipinski definition) is 4. The minimum absolute atomic E-state index is 0.0962. The van der Waals surface area contributed by atoms with Crippen molar-refractivity contribution in [1.29, 1.82) is 0 Å². The summed E-state index contributed by atoms with van der Waals surface area (Å²) < 4.78 is 40.2. The maximum atomic E-state index is 13.9. The molecule has 0 spiro atoms. The Labute approximate surface area is 141 Å². The largest absolute Gasteiger partial charge is 0.550 e. The third-order valence-electron chi connectivity index (χ3n) is 4.46.